The zero-order chi connectivity index (χ0) is 21.6. The van der Waals surface area contributed by atoms with E-state index >= 15 is 0 Å². The molecule has 1 fully saturated rings. The molecular weight excluding hydrogens is 384 g/mol. The number of rotatable bonds is 6. The Kier molecular flexibility index (Phi) is 6.51. The Labute approximate surface area is 184 Å². The van der Waals surface area contributed by atoms with Crippen LogP contribution in [0.1, 0.15) is 31.2 Å². The highest BCUT2D eigenvalue weighted by Crippen LogP contribution is 2.29. The van der Waals surface area contributed by atoms with Crippen molar-refractivity contribution in [2.45, 2.75) is 37.8 Å². The van der Waals surface area contributed by atoms with Crippen molar-refractivity contribution in [2.75, 3.05) is 24.3 Å². The maximum atomic E-state index is 12.3. The summed E-state index contributed by atoms with van der Waals surface area (Å²) in [6, 6.07) is 20.9. The zero-order valence-corrected chi connectivity index (χ0v) is 18.2. The first-order valence-electron chi connectivity index (χ1n) is 11.0. The van der Waals surface area contributed by atoms with Crippen molar-refractivity contribution in [1.82, 2.24) is 10.3 Å². The molecule has 0 saturated heterocycles. The first-order valence-corrected chi connectivity index (χ1v) is 11.0. The van der Waals surface area contributed by atoms with Crippen molar-refractivity contribution in [1.29, 1.82) is 0 Å². The summed E-state index contributed by atoms with van der Waals surface area (Å²) in [6.45, 7) is 0. The Balaban J connectivity index is 1.32. The minimum absolute atomic E-state index is 0.0212. The van der Waals surface area contributed by atoms with Gasteiger partial charge in [-0.15, -0.1) is 0 Å². The molecule has 2 aromatic carbocycles. The summed E-state index contributed by atoms with van der Waals surface area (Å²) in [4.78, 5) is 19.2. The molecule has 0 atom stereocenters. The van der Waals surface area contributed by atoms with Crippen molar-refractivity contribution < 1.29 is 4.79 Å². The van der Waals surface area contributed by atoms with Gasteiger partial charge >= 0.3 is 0 Å². The molecule has 2 N–H and O–H groups in total. The number of para-hydroxylation sites is 1. The molecule has 5 heteroatoms. The van der Waals surface area contributed by atoms with Crippen LogP contribution in [0.15, 0.2) is 66.7 Å². The van der Waals surface area contributed by atoms with Gasteiger partial charge in [-0.05, 0) is 43.4 Å². The molecule has 0 bridgehead atoms. The third-order valence-electron chi connectivity index (χ3n) is 5.83. The molecule has 0 aliphatic heterocycles. The van der Waals surface area contributed by atoms with E-state index in [1.165, 1.54) is 5.69 Å². The Bertz CT molecular complexity index is 1050. The fourth-order valence-electron chi connectivity index (χ4n) is 4.18. The maximum absolute atomic E-state index is 12.3. The summed E-state index contributed by atoms with van der Waals surface area (Å²) in [5.41, 5.74) is 3.20. The van der Waals surface area contributed by atoms with Crippen LogP contribution in [0.4, 0.5) is 11.5 Å². The van der Waals surface area contributed by atoms with E-state index in [1.807, 2.05) is 42.5 Å². The van der Waals surface area contributed by atoms with Crippen molar-refractivity contribution in [3.8, 4) is 0 Å². The van der Waals surface area contributed by atoms with Crippen LogP contribution in [0.3, 0.4) is 0 Å². The standard InChI is InChI=1S/C26H30N4O/c1-30(2)24-18-25(29-23-11-7-6-10-22(23)24)27-20-13-15-21(16-14-20)28-26(31)17-12-19-8-4-3-5-9-19/h3-12,17-18,20-21H,13-16H2,1-2H3,(H,27,29)(H,28,31)/t20-,21+. The van der Waals surface area contributed by atoms with Crippen LogP contribution < -0.4 is 15.5 Å². The number of benzene rings is 2. The highest BCUT2D eigenvalue weighted by atomic mass is 16.1. The van der Waals surface area contributed by atoms with E-state index < -0.39 is 0 Å². The van der Waals surface area contributed by atoms with Crippen LogP contribution in [0.25, 0.3) is 17.0 Å². The Morgan fingerprint density at radius 3 is 2.39 bits per heavy atom. The van der Waals surface area contributed by atoms with E-state index in [0.717, 1.165) is 48.0 Å². The highest BCUT2D eigenvalue weighted by Gasteiger charge is 2.22. The zero-order valence-electron chi connectivity index (χ0n) is 18.2. The second-order valence-corrected chi connectivity index (χ2v) is 8.38. The number of carbonyl (C=O) groups excluding carboxylic acids is 1. The fraction of sp³-hybridized carbons (Fsp3) is 0.308. The van der Waals surface area contributed by atoms with Gasteiger partial charge < -0.3 is 15.5 Å². The molecule has 1 aliphatic carbocycles. The molecule has 160 valence electrons. The summed E-state index contributed by atoms with van der Waals surface area (Å²) >= 11 is 0. The molecule has 4 rings (SSSR count). The number of nitrogens with zero attached hydrogens (tertiary/aromatic N) is 2. The normalized spacial score (nSPS) is 18.8. The van der Waals surface area contributed by atoms with Crippen molar-refractivity contribution >= 4 is 34.4 Å². The number of amides is 1. The number of hydrogen-bond donors (Lipinski definition) is 2. The van der Waals surface area contributed by atoms with Crippen molar-refractivity contribution in [3.63, 3.8) is 0 Å². The van der Waals surface area contributed by atoms with Crippen LogP contribution in [-0.2, 0) is 4.79 Å². The SMILES string of the molecule is CN(C)c1cc(N[C@H]2CC[C@@H](NC(=O)C=Cc3ccccc3)CC2)nc2ccccc12. The van der Waals surface area contributed by atoms with Gasteiger partial charge in [0, 0.05) is 49.4 Å². The van der Waals surface area contributed by atoms with E-state index in [9.17, 15) is 4.79 Å². The summed E-state index contributed by atoms with van der Waals surface area (Å²) in [7, 11) is 4.12. The second kappa shape index (κ2) is 9.65. The lowest BCUT2D eigenvalue weighted by atomic mass is 9.91. The third-order valence-corrected chi connectivity index (χ3v) is 5.83. The van der Waals surface area contributed by atoms with E-state index in [0.29, 0.717) is 6.04 Å². The first-order chi connectivity index (χ1) is 15.1. The number of nitrogens with one attached hydrogen (secondary N) is 2. The molecule has 5 nitrogen and oxygen atoms in total. The lowest BCUT2D eigenvalue weighted by Gasteiger charge is -2.30. The molecule has 1 amide bonds. The molecule has 0 radical (unpaired) electrons. The molecule has 0 unspecified atom stereocenters. The molecule has 3 aromatic rings. The number of pyridine rings is 1. The van der Waals surface area contributed by atoms with Crippen LogP contribution >= 0.6 is 0 Å². The molecular formula is C26H30N4O. The van der Waals surface area contributed by atoms with E-state index in [4.69, 9.17) is 4.98 Å². The largest absolute Gasteiger partial charge is 0.377 e. The Morgan fingerprint density at radius 1 is 0.968 bits per heavy atom. The van der Waals surface area contributed by atoms with Gasteiger partial charge in [0.1, 0.15) is 5.82 Å². The smallest absolute Gasteiger partial charge is 0.244 e. The number of aromatic nitrogens is 1. The van der Waals surface area contributed by atoms with Gasteiger partial charge in [-0.25, -0.2) is 4.98 Å². The Hall–Kier alpha value is -3.34. The van der Waals surface area contributed by atoms with Gasteiger partial charge in [0.05, 0.1) is 5.52 Å². The third kappa shape index (κ3) is 5.43. The molecule has 1 aromatic heterocycles. The first kappa shape index (κ1) is 20.9. The number of anilines is 2. The number of fused-ring (bicyclic) bond motifs is 1. The molecule has 0 spiro atoms. The van der Waals surface area contributed by atoms with Crippen molar-refractivity contribution in [2.24, 2.45) is 0 Å². The summed E-state index contributed by atoms with van der Waals surface area (Å²) < 4.78 is 0. The predicted molar refractivity (Wildman–Crippen MR) is 129 cm³/mol. The van der Waals surface area contributed by atoms with Crippen LogP contribution in [0, 0.1) is 0 Å². The average molecular weight is 415 g/mol. The lowest BCUT2D eigenvalue weighted by molar-refractivity contribution is -0.117. The van der Waals surface area contributed by atoms with Gasteiger partial charge in [0.25, 0.3) is 0 Å². The van der Waals surface area contributed by atoms with Gasteiger partial charge in [-0.3, -0.25) is 4.79 Å². The van der Waals surface area contributed by atoms with E-state index in [-0.39, 0.29) is 11.9 Å². The molecule has 1 heterocycles. The van der Waals surface area contributed by atoms with Gasteiger partial charge in [0.15, 0.2) is 0 Å². The monoisotopic (exact) mass is 414 g/mol. The topological polar surface area (TPSA) is 57.3 Å². The fourth-order valence-corrected chi connectivity index (χ4v) is 4.18. The summed E-state index contributed by atoms with van der Waals surface area (Å²) in [5, 5.41) is 7.93. The maximum Gasteiger partial charge on any atom is 0.244 e. The predicted octanol–water partition coefficient (Wildman–Crippen LogP) is 4.85. The molecule has 1 saturated carbocycles. The van der Waals surface area contributed by atoms with Crippen LogP contribution in [0.2, 0.25) is 0 Å². The quantitative estimate of drug-likeness (QED) is 0.566. The van der Waals surface area contributed by atoms with Gasteiger partial charge in [-0.2, -0.15) is 0 Å². The van der Waals surface area contributed by atoms with Gasteiger partial charge in [-0.1, -0.05) is 48.5 Å². The number of hydrogen-bond acceptors (Lipinski definition) is 4. The second-order valence-electron chi connectivity index (χ2n) is 8.38. The summed E-state index contributed by atoms with van der Waals surface area (Å²) in [5.74, 6) is 0.896. The van der Waals surface area contributed by atoms with Crippen LogP contribution in [-0.4, -0.2) is 37.1 Å². The Morgan fingerprint density at radius 2 is 1.65 bits per heavy atom. The lowest BCUT2D eigenvalue weighted by Crippen LogP contribution is -2.39. The average Bonchev–Trinajstić information content (AvgIpc) is 2.79. The van der Waals surface area contributed by atoms with Crippen LogP contribution in [0.5, 0.6) is 0 Å². The van der Waals surface area contributed by atoms with Crippen molar-refractivity contribution in [3.05, 3.63) is 72.3 Å². The minimum Gasteiger partial charge on any atom is -0.377 e. The highest BCUT2D eigenvalue weighted by molar-refractivity contribution is 5.93. The van der Waals surface area contributed by atoms with E-state index in [1.54, 1.807) is 6.08 Å². The summed E-state index contributed by atoms with van der Waals surface area (Å²) in [6.07, 6.45) is 7.45. The number of carbonyl (C=O) groups is 1. The molecule has 31 heavy (non-hydrogen) atoms. The van der Waals surface area contributed by atoms with Gasteiger partial charge in [0.2, 0.25) is 5.91 Å². The van der Waals surface area contributed by atoms with E-state index in [2.05, 4.69) is 53.9 Å². The molecule has 1 aliphatic rings. The minimum atomic E-state index is -0.0212.